The SMILES string of the molecule is Cc1ccc2c(n1)[nH]c1ccc([N+](=O)[O-])cc12. The van der Waals surface area contributed by atoms with Crippen molar-refractivity contribution in [2.45, 2.75) is 6.92 Å². The topological polar surface area (TPSA) is 71.8 Å². The minimum Gasteiger partial charge on any atom is -0.339 e. The maximum absolute atomic E-state index is 10.7. The number of aromatic amines is 1. The molecule has 0 unspecified atom stereocenters. The lowest BCUT2D eigenvalue weighted by atomic mass is 10.2. The van der Waals surface area contributed by atoms with Gasteiger partial charge in [0, 0.05) is 34.1 Å². The summed E-state index contributed by atoms with van der Waals surface area (Å²) in [5.41, 5.74) is 2.64. The monoisotopic (exact) mass is 227 g/mol. The van der Waals surface area contributed by atoms with E-state index < -0.39 is 0 Å². The number of nitro benzene ring substituents is 1. The number of nitro groups is 1. The normalized spacial score (nSPS) is 11.1. The van der Waals surface area contributed by atoms with Crippen molar-refractivity contribution < 1.29 is 4.92 Å². The van der Waals surface area contributed by atoms with Crippen LogP contribution in [0, 0.1) is 17.0 Å². The summed E-state index contributed by atoms with van der Waals surface area (Å²) in [6.45, 7) is 1.91. The fourth-order valence-corrected chi connectivity index (χ4v) is 1.97. The van der Waals surface area contributed by atoms with E-state index >= 15 is 0 Å². The lowest BCUT2D eigenvalue weighted by molar-refractivity contribution is -0.384. The molecule has 3 rings (SSSR count). The summed E-state index contributed by atoms with van der Waals surface area (Å²) in [6, 6.07) is 8.61. The first-order valence-corrected chi connectivity index (χ1v) is 5.18. The van der Waals surface area contributed by atoms with Crippen LogP contribution in [0.25, 0.3) is 21.9 Å². The molecule has 0 radical (unpaired) electrons. The van der Waals surface area contributed by atoms with Crippen LogP contribution >= 0.6 is 0 Å². The van der Waals surface area contributed by atoms with Gasteiger partial charge in [0.25, 0.3) is 5.69 Å². The van der Waals surface area contributed by atoms with Gasteiger partial charge in [-0.05, 0) is 25.1 Å². The highest BCUT2D eigenvalue weighted by atomic mass is 16.6. The average Bonchev–Trinajstić information content (AvgIpc) is 2.64. The van der Waals surface area contributed by atoms with Gasteiger partial charge < -0.3 is 4.98 Å². The van der Waals surface area contributed by atoms with E-state index in [1.54, 1.807) is 12.1 Å². The molecule has 0 atom stereocenters. The lowest BCUT2D eigenvalue weighted by Crippen LogP contribution is -1.86. The summed E-state index contributed by atoms with van der Waals surface area (Å²) >= 11 is 0. The first-order chi connectivity index (χ1) is 8.15. The third-order valence-corrected chi connectivity index (χ3v) is 2.79. The number of hydrogen-bond donors (Lipinski definition) is 1. The number of nitrogens with zero attached hydrogens (tertiary/aromatic N) is 2. The minimum atomic E-state index is -0.389. The highest BCUT2D eigenvalue weighted by molar-refractivity contribution is 6.06. The molecule has 0 aliphatic rings. The van der Waals surface area contributed by atoms with Crippen LogP contribution in [-0.2, 0) is 0 Å². The minimum absolute atomic E-state index is 0.0963. The Labute approximate surface area is 96.2 Å². The molecule has 0 aliphatic carbocycles. The van der Waals surface area contributed by atoms with Crippen molar-refractivity contribution >= 4 is 27.6 Å². The van der Waals surface area contributed by atoms with Gasteiger partial charge in [0.15, 0.2) is 0 Å². The number of aromatic nitrogens is 2. The number of aryl methyl sites for hydroxylation is 1. The van der Waals surface area contributed by atoms with Gasteiger partial charge >= 0.3 is 0 Å². The Morgan fingerprint density at radius 2 is 2.06 bits per heavy atom. The fraction of sp³-hybridized carbons (Fsp3) is 0.0833. The van der Waals surface area contributed by atoms with Crippen LogP contribution in [0.5, 0.6) is 0 Å². The molecule has 5 heteroatoms. The maximum atomic E-state index is 10.7. The zero-order chi connectivity index (χ0) is 12.0. The summed E-state index contributed by atoms with van der Waals surface area (Å²) in [6.07, 6.45) is 0. The van der Waals surface area contributed by atoms with Gasteiger partial charge in [-0.25, -0.2) is 4.98 Å². The molecule has 1 N–H and O–H groups in total. The number of rotatable bonds is 1. The fourth-order valence-electron chi connectivity index (χ4n) is 1.97. The van der Waals surface area contributed by atoms with Gasteiger partial charge in [0.1, 0.15) is 5.65 Å². The van der Waals surface area contributed by atoms with Crippen molar-refractivity contribution in [2.75, 3.05) is 0 Å². The van der Waals surface area contributed by atoms with Crippen LogP contribution in [0.2, 0.25) is 0 Å². The molecule has 2 heterocycles. The Balaban J connectivity index is 2.41. The smallest absolute Gasteiger partial charge is 0.270 e. The summed E-state index contributed by atoms with van der Waals surface area (Å²) in [5.74, 6) is 0. The second-order valence-electron chi connectivity index (χ2n) is 3.96. The van der Waals surface area contributed by atoms with Crippen LogP contribution in [0.1, 0.15) is 5.69 Å². The predicted octanol–water partition coefficient (Wildman–Crippen LogP) is 2.93. The van der Waals surface area contributed by atoms with Gasteiger partial charge in [-0.3, -0.25) is 10.1 Å². The zero-order valence-corrected chi connectivity index (χ0v) is 9.10. The largest absolute Gasteiger partial charge is 0.339 e. The molecule has 1 aromatic carbocycles. The van der Waals surface area contributed by atoms with E-state index in [0.717, 1.165) is 27.6 Å². The highest BCUT2D eigenvalue weighted by Gasteiger charge is 2.10. The van der Waals surface area contributed by atoms with Crippen molar-refractivity contribution in [3.05, 3.63) is 46.1 Å². The van der Waals surface area contributed by atoms with E-state index in [1.807, 2.05) is 19.1 Å². The number of nitrogens with one attached hydrogen (secondary N) is 1. The van der Waals surface area contributed by atoms with Crippen LogP contribution < -0.4 is 0 Å². The van der Waals surface area contributed by atoms with Gasteiger partial charge in [-0.15, -0.1) is 0 Å². The maximum Gasteiger partial charge on any atom is 0.270 e. The summed E-state index contributed by atoms with van der Waals surface area (Å²) in [5, 5.41) is 12.5. The third kappa shape index (κ3) is 1.44. The Kier molecular flexibility index (Phi) is 1.89. The van der Waals surface area contributed by atoms with Crippen LogP contribution in [0.4, 0.5) is 5.69 Å². The third-order valence-electron chi connectivity index (χ3n) is 2.79. The van der Waals surface area contributed by atoms with Crippen molar-refractivity contribution in [3.8, 4) is 0 Å². The van der Waals surface area contributed by atoms with Gasteiger partial charge in [0.05, 0.1) is 4.92 Å². The molecule has 2 aromatic heterocycles. The zero-order valence-electron chi connectivity index (χ0n) is 9.10. The van der Waals surface area contributed by atoms with E-state index in [-0.39, 0.29) is 10.6 Å². The number of hydrogen-bond acceptors (Lipinski definition) is 3. The summed E-state index contributed by atoms with van der Waals surface area (Å²) in [7, 11) is 0. The molecule has 0 saturated carbocycles. The quantitative estimate of drug-likeness (QED) is 0.513. The standard InChI is InChI=1S/C12H9N3O2/c1-7-2-4-9-10-6-8(15(16)17)3-5-11(10)14-12(9)13-7/h2-6H,1H3,(H,13,14). The molecule has 5 nitrogen and oxygen atoms in total. The van der Waals surface area contributed by atoms with Crippen molar-refractivity contribution in [1.29, 1.82) is 0 Å². The van der Waals surface area contributed by atoms with E-state index in [0.29, 0.717) is 0 Å². The second-order valence-corrected chi connectivity index (χ2v) is 3.96. The Morgan fingerprint density at radius 3 is 2.82 bits per heavy atom. The number of non-ortho nitro benzene ring substituents is 1. The predicted molar refractivity (Wildman–Crippen MR) is 65.0 cm³/mol. The number of H-pyrrole nitrogens is 1. The van der Waals surface area contributed by atoms with Crippen molar-refractivity contribution in [2.24, 2.45) is 0 Å². The van der Waals surface area contributed by atoms with Gasteiger partial charge in [0.2, 0.25) is 0 Å². The first kappa shape index (κ1) is 9.77. The van der Waals surface area contributed by atoms with E-state index in [9.17, 15) is 10.1 Å². The number of fused-ring (bicyclic) bond motifs is 3. The molecule has 3 aromatic rings. The molecule has 0 spiro atoms. The van der Waals surface area contributed by atoms with E-state index in [2.05, 4.69) is 9.97 Å². The molecule has 0 bridgehead atoms. The summed E-state index contributed by atoms with van der Waals surface area (Å²) in [4.78, 5) is 17.9. The molecule has 0 aliphatic heterocycles. The number of benzene rings is 1. The van der Waals surface area contributed by atoms with Gasteiger partial charge in [-0.2, -0.15) is 0 Å². The Morgan fingerprint density at radius 1 is 1.24 bits per heavy atom. The number of pyridine rings is 1. The molecule has 17 heavy (non-hydrogen) atoms. The average molecular weight is 227 g/mol. The Bertz CT molecular complexity index is 746. The Hall–Kier alpha value is -2.43. The lowest BCUT2D eigenvalue weighted by Gasteiger charge is -1.93. The van der Waals surface area contributed by atoms with E-state index in [4.69, 9.17) is 0 Å². The van der Waals surface area contributed by atoms with Crippen molar-refractivity contribution in [1.82, 2.24) is 9.97 Å². The molecular formula is C12H9N3O2. The second kappa shape index (κ2) is 3.28. The molecular weight excluding hydrogens is 218 g/mol. The van der Waals surface area contributed by atoms with Crippen LogP contribution in [0.3, 0.4) is 0 Å². The van der Waals surface area contributed by atoms with Crippen molar-refractivity contribution in [3.63, 3.8) is 0 Å². The van der Waals surface area contributed by atoms with Crippen LogP contribution in [-0.4, -0.2) is 14.9 Å². The molecule has 0 fully saturated rings. The summed E-state index contributed by atoms with van der Waals surface area (Å²) < 4.78 is 0. The molecule has 0 saturated heterocycles. The van der Waals surface area contributed by atoms with E-state index in [1.165, 1.54) is 6.07 Å². The molecule has 84 valence electrons. The first-order valence-electron chi connectivity index (χ1n) is 5.18. The van der Waals surface area contributed by atoms with Gasteiger partial charge in [-0.1, -0.05) is 0 Å². The van der Waals surface area contributed by atoms with Crippen LogP contribution in [0.15, 0.2) is 30.3 Å². The highest BCUT2D eigenvalue weighted by Crippen LogP contribution is 2.27. The molecule has 0 amide bonds.